The minimum Gasteiger partial charge on any atom is -0.362 e. The molecule has 0 radical (unpaired) electrons. The highest BCUT2D eigenvalue weighted by Gasteiger charge is 2.05. The molecule has 1 heterocycles. The van der Waals surface area contributed by atoms with E-state index in [9.17, 15) is 0 Å². The lowest BCUT2D eigenvalue weighted by Gasteiger charge is -2.19. The summed E-state index contributed by atoms with van der Waals surface area (Å²) in [6.45, 7) is 5.71. The maximum atomic E-state index is 4.75. The number of nitrogens with zero attached hydrogens (tertiary/aromatic N) is 2. The van der Waals surface area contributed by atoms with Crippen molar-refractivity contribution in [3.05, 3.63) is 94.8 Å². The predicted octanol–water partition coefficient (Wildman–Crippen LogP) is 4.67. The van der Waals surface area contributed by atoms with Crippen LogP contribution in [0.2, 0.25) is 0 Å². The van der Waals surface area contributed by atoms with Crippen LogP contribution in [0.25, 0.3) is 0 Å². The zero-order chi connectivity index (χ0) is 16.8. The van der Waals surface area contributed by atoms with E-state index < -0.39 is 0 Å². The third-order valence-electron chi connectivity index (χ3n) is 3.97. The number of nitrogens with one attached hydrogen (secondary N) is 1. The van der Waals surface area contributed by atoms with Gasteiger partial charge >= 0.3 is 0 Å². The van der Waals surface area contributed by atoms with Gasteiger partial charge in [-0.05, 0) is 31.0 Å². The van der Waals surface area contributed by atoms with Gasteiger partial charge in [-0.15, -0.1) is 0 Å². The largest absolute Gasteiger partial charge is 0.362 e. The summed E-state index contributed by atoms with van der Waals surface area (Å²) in [6, 6.07) is 23.0. The van der Waals surface area contributed by atoms with Gasteiger partial charge in [-0.2, -0.15) is 5.10 Å². The molecule has 0 aliphatic carbocycles. The van der Waals surface area contributed by atoms with E-state index in [1.165, 1.54) is 11.1 Å². The molecule has 122 valence electrons. The van der Waals surface area contributed by atoms with Crippen LogP contribution < -0.4 is 0 Å². The molecule has 24 heavy (non-hydrogen) atoms. The fourth-order valence-electron chi connectivity index (χ4n) is 2.75. The molecule has 0 saturated heterocycles. The van der Waals surface area contributed by atoms with Crippen LogP contribution in [0.3, 0.4) is 0 Å². The second-order valence-electron chi connectivity index (χ2n) is 6.07. The highest BCUT2D eigenvalue weighted by atomic mass is 15.4. The monoisotopic (exact) mass is 317 g/mol. The predicted molar refractivity (Wildman–Crippen MR) is 100.0 cm³/mol. The second-order valence-corrected chi connectivity index (χ2v) is 6.07. The molecule has 0 unspecified atom stereocenters. The number of H-pyrrole nitrogens is 1. The zero-order valence-electron chi connectivity index (χ0n) is 14.2. The van der Waals surface area contributed by atoms with Crippen LogP contribution in [0.4, 0.5) is 0 Å². The summed E-state index contributed by atoms with van der Waals surface area (Å²) >= 11 is 0. The summed E-state index contributed by atoms with van der Waals surface area (Å²) in [7, 11) is 0. The summed E-state index contributed by atoms with van der Waals surface area (Å²) in [6.07, 6.45) is 1.95. The lowest BCUT2D eigenvalue weighted by atomic mass is 10.2. The first-order chi connectivity index (χ1) is 11.7. The summed E-state index contributed by atoms with van der Waals surface area (Å²) in [5.41, 5.74) is 5.96. The number of aryl methyl sites for hydroxylation is 2. The van der Waals surface area contributed by atoms with Gasteiger partial charge in [0.15, 0.2) is 0 Å². The van der Waals surface area contributed by atoms with Crippen molar-refractivity contribution in [2.24, 2.45) is 5.10 Å². The van der Waals surface area contributed by atoms with E-state index in [-0.39, 0.29) is 0 Å². The van der Waals surface area contributed by atoms with Gasteiger partial charge in [-0.25, -0.2) is 0 Å². The van der Waals surface area contributed by atoms with E-state index in [0.29, 0.717) is 0 Å². The Balaban J connectivity index is 1.79. The fourth-order valence-corrected chi connectivity index (χ4v) is 2.75. The maximum Gasteiger partial charge on any atom is 0.0614 e. The Kier molecular flexibility index (Phi) is 5.12. The van der Waals surface area contributed by atoms with Crippen molar-refractivity contribution in [3.8, 4) is 0 Å². The van der Waals surface area contributed by atoms with E-state index >= 15 is 0 Å². The molecule has 0 amide bonds. The fraction of sp³-hybridized carbons (Fsp3) is 0.190. The highest BCUT2D eigenvalue weighted by Crippen LogP contribution is 2.12. The van der Waals surface area contributed by atoms with Gasteiger partial charge in [-0.1, -0.05) is 60.7 Å². The average Bonchev–Trinajstić information content (AvgIpc) is 2.92. The second kappa shape index (κ2) is 7.64. The third-order valence-corrected chi connectivity index (χ3v) is 3.97. The van der Waals surface area contributed by atoms with Crippen molar-refractivity contribution in [2.45, 2.75) is 26.9 Å². The third kappa shape index (κ3) is 4.35. The summed E-state index contributed by atoms with van der Waals surface area (Å²) < 4.78 is 0. The van der Waals surface area contributed by atoms with E-state index in [1.54, 1.807) is 0 Å². The van der Waals surface area contributed by atoms with Crippen LogP contribution in [-0.4, -0.2) is 16.2 Å². The van der Waals surface area contributed by atoms with Crippen molar-refractivity contribution in [1.82, 2.24) is 9.99 Å². The molecule has 0 atom stereocenters. The molecule has 3 aromatic rings. The number of rotatable bonds is 6. The zero-order valence-corrected chi connectivity index (χ0v) is 14.2. The molecule has 1 aromatic heterocycles. The first-order valence-corrected chi connectivity index (χ1v) is 8.24. The van der Waals surface area contributed by atoms with Crippen molar-refractivity contribution in [3.63, 3.8) is 0 Å². The van der Waals surface area contributed by atoms with Crippen LogP contribution in [0.15, 0.2) is 71.8 Å². The molecule has 3 rings (SSSR count). The van der Waals surface area contributed by atoms with E-state index in [0.717, 1.165) is 30.0 Å². The number of hydrazone groups is 1. The van der Waals surface area contributed by atoms with Crippen LogP contribution in [0.5, 0.6) is 0 Å². The Morgan fingerprint density at radius 1 is 0.875 bits per heavy atom. The first kappa shape index (κ1) is 16.1. The number of hydrogen-bond acceptors (Lipinski definition) is 2. The van der Waals surface area contributed by atoms with E-state index in [2.05, 4.69) is 78.4 Å². The standard InChI is InChI=1S/C21H23N3/c1-17-13-21(18(2)23-17)14-22-24(15-19-9-5-3-6-10-19)16-20-11-7-4-8-12-20/h3-14,23H,15-16H2,1-2H3/b22-14+. The maximum absolute atomic E-state index is 4.75. The van der Waals surface area contributed by atoms with Gasteiger partial charge in [0.25, 0.3) is 0 Å². The van der Waals surface area contributed by atoms with E-state index in [4.69, 9.17) is 5.10 Å². The molecule has 3 heteroatoms. The Labute approximate surface area is 143 Å². The molecule has 0 fully saturated rings. The van der Waals surface area contributed by atoms with Crippen molar-refractivity contribution < 1.29 is 0 Å². The molecule has 0 aliphatic rings. The molecule has 0 spiro atoms. The lowest BCUT2D eigenvalue weighted by Crippen LogP contribution is -2.17. The van der Waals surface area contributed by atoms with Crippen molar-refractivity contribution >= 4 is 6.21 Å². The van der Waals surface area contributed by atoms with E-state index in [1.807, 2.05) is 18.3 Å². The van der Waals surface area contributed by atoms with Gasteiger partial charge in [0.05, 0.1) is 19.3 Å². The summed E-state index contributed by atoms with van der Waals surface area (Å²) in [5.74, 6) is 0. The summed E-state index contributed by atoms with van der Waals surface area (Å²) in [5, 5.41) is 6.85. The summed E-state index contributed by atoms with van der Waals surface area (Å²) in [4.78, 5) is 3.32. The molecule has 0 bridgehead atoms. The van der Waals surface area contributed by atoms with Gasteiger partial charge in [0.2, 0.25) is 0 Å². The quantitative estimate of drug-likeness (QED) is 0.520. The topological polar surface area (TPSA) is 31.4 Å². The Morgan fingerprint density at radius 2 is 1.42 bits per heavy atom. The molecule has 0 saturated carbocycles. The Morgan fingerprint density at radius 3 is 1.88 bits per heavy atom. The smallest absolute Gasteiger partial charge is 0.0614 e. The number of aromatic amines is 1. The average molecular weight is 317 g/mol. The molecular formula is C21H23N3. The number of hydrogen-bond donors (Lipinski definition) is 1. The van der Waals surface area contributed by atoms with Crippen LogP contribution in [0, 0.1) is 13.8 Å². The number of benzene rings is 2. The molecule has 1 N–H and O–H groups in total. The van der Waals surface area contributed by atoms with Crippen LogP contribution in [-0.2, 0) is 13.1 Å². The van der Waals surface area contributed by atoms with Gasteiger partial charge < -0.3 is 4.98 Å². The highest BCUT2D eigenvalue weighted by molar-refractivity contribution is 5.81. The first-order valence-electron chi connectivity index (χ1n) is 8.24. The minimum absolute atomic E-state index is 0.786. The van der Waals surface area contributed by atoms with Gasteiger partial charge in [0, 0.05) is 17.0 Å². The Hall–Kier alpha value is -2.81. The lowest BCUT2D eigenvalue weighted by molar-refractivity contribution is 0.272. The molecule has 0 aliphatic heterocycles. The SMILES string of the molecule is Cc1cc(/C=N/N(Cc2ccccc2)Cc2ccccc2)c(C)[nH]1. The molecular weight excluding hydrogens is 294 g/mol. The normalized spacial score (nSPS) is 11.1. The van der Waals surface area contributed by atoms with Crippen LogP contribution >= 0.6 is 0 Å². The van der Waals surface area contributed by atoms with Crippen molar-refractivity contribution in [1.29, 1.82) is 0 Å². The number of aromatic nitrogens is 1. The minimum atomic E-state index is 0.786. The van der Waals surface area contributed by atoms with Crippen LogP contribution in [0.1, 0.15) is 28.1 Å². The van der Waals surface area contributed by atoms with Gasteiger partial charge in [-0.3, -0.25) is 5.01 Å². The Bertz CT molecular complexity index is 747. The van der Waals surface area contributed by atoms with Gasteiger partial charge in [0.1, 0.15) is 0 Å². The van der Waals surface area contributed by atoms with Crippen molar-refractivity contribution in [2.75, 3.05) is 0 Å². The molecule has 3 nitrogen and oxygen atoms in total. The molecule has 2 aromatic carbocycles.